The molecular formula is C13H21N3O2. The van der Waals surface area contributed by atoms with E-state index in [0.29, 0.717) is 19.5 Å². The highest BCUT2D eigenvalue weighted by Gasteiger charge is 2.16. The lowest BCUT2D eigenvalue weighted by atomic mass is 10.2. The Kier molecular flexibility index (Phi) is 4.36. The Hall–Kier alpha value is -1.36. The molecule has 1 N–H and O–H groups in total. The molecule has 1 saturated heterocycles. The molecule has 1 aliphatic heterocycles. The monoisotopic (exact) mass is 251 g/mol. The fourth-order valence-corrected chi connectivity index (χ4v) is 2.23. The van der Waals surface area contributed by atoms with E-state index in [1.54, 1.807) is 0 Å². The molecule has 1 amide bonds. The minimum Gasteiger partial charge on any atom is -0.376 e. The van der Waals surface area contributed by atoms with Crippen molar-refractivity contribution < 1.29 is 9.53 Å². The highest BCUT2D eigenvalue weighted by molar-refractivity contribution is 5.75. The Labute approximate surface area is 108 Å². The van der Waals surface area contributed by atoms with Crippen LogP contribution < -0.4 is 5.32 Å². The van der Waals surface area contributed by atoms with Gasteiger partial charge in [-0.25, -0.2) is 0 Å². The number of hydrogen-bond donors (Lipinski definition) is 1. The molecule has 1 fully saturated rings. The summed E-state index contributed by atoms with van der Waals surface area (Å²) in [5, 5.41) is 7.25. The van der Waals surface area contributed by atoms with Crippen LogP contribution in [0.15, 0.2) is 6.07 Å². The van der Waals surface area contributed by atoms with Gasteiger partial charge in [0.2, 0.25) is 5.91 Å². The second-order valence-corrected chi connectivity index (χ2v) is 4.84. The van der Waals surface area contributed by atoms with Crippen LogP contribution in [0, 0.1) is 13.8 Å². The summed E-state index contributed by atoms with van der Waals surface area (Å²) in [5.41, 5.74) is 2.09. The van der Waals surface area contributed by atoms with Gasteiger partial charge < -0.3 is 10.1 Å². The fraction of sp³-hybridized carbons (Fsp3) is 0.692. The number of aryl methyl sites for hydroxylation is 3. The van der Waals surface area contributed by atoms with Crippen molar-refractivity contribution in [3.63, 3.8) is 0 Å². The van der Waals surface area contributed by atoms with E-state index in [2.05, 4.69) is 10.4 Å². The molecule has 0 aliphatic carbocycles. The Morgan fingerprint density at radius 2 is 2.44 bits per heavy atom. The van der Waals surface area contributed by atoms with Crippen LogP contribution in [0.1, 0.15) is 30.7 Å². The van der Waals surface area contributed by atoms with Gasteiger partial charge in [0, 0.05) is 31.8 Å². The van der Waals surface area contributed by atoms with Crippen LogP contribution in [0.2, 0.25) is 0 Å². The van der Waals surface area contributed by atoms with Gasteiger partial charge in [-0.1, -0.05) is 0 Å². The summed E-state index contributed by atoms with van der Waals surface area (Å²) in [6.45, 7) is 6.06. The lowest BCUT2D eigenvalue weighted by molar-refractivity contribution is -0.121. The molecule has 1 aromatic rings. The Morgan fingerprint density at radius 1 is 1.61 bits per heavy atom. The molecule has 0 unspecified atom stereocenters. The number of ether oxygens (including phenoxy) is 1. The maximum atomic E-state index is 11.7. The number of nitrogens with one attached hydrogen (secondary N) is 1. The second kappa shape index (κ2) is 6.00. The van der Waals surface area contributed by atoms with Crippen LogP contribution in [0.25, 0.3) is 0 Å². The van der Waals surface area contributed by atoms with Crippen molar-refractivity contribution in [2.24, 2.45) is 0 Å². The first-order valence-corrected chi connectivity index (χ1v) is 6.54. The number of hydrogen-bond acceptors (Lipinski definition) is 3. The Morgan fingerprint density at radius 3 is 3.06 bits per heavy atom. The lowest BCUT2D eigenvalue weighted by Crippen LogP contribution is -2.32. The predicted molar refractivity (Wildman–Crippen MR) is 68.3 cm³/mol. The normalized spacial score (nSPS) is 19.1. The topological polar surface area (TPSA) is 56.2 Å². The molecule has 1 atom stereocenters. The lowest BCUT2D eigenvalue weighted by Gasteiger charge is -2.11. The second-order valence-electron chi connectivity index (χ2n) is 4.84. The van der Waals surface area contributed by atoms with Gasteiger partial charge >= 0.3 is 0 Å². The average molecular weight is 251 g/mol. The molecule has 5 heteroatoms. The zero-order chi connectivity index (χ0) is 13.0. The van der Waals surface area contributed by atoms with Crippen molar-refractivity contribution in [3.8, 4) is 0 Å². The van der Waals surface area contributed by atoms with E-state index >= 15 is 0 Å². The Bertz CT molecular complexity index is 408. The molecule has 18 heavy (non-hydrogen) atoms. The van der Waals surface area contributed by atoms with Crippen molar-refractivity contribution in [3.05, 3.63) is 17.5 Å². The number of carbonyl (C=O) groups is 1. The summed E-state index contributed by atoms with van der Waals surface area (Å²) >= 11 is 0. The van der Waals surface area contributed by atoms with Crippen LogP contribution in [-0.2, 0) is 16.1 Å². The quantitative estimate of drug-likeness (QED) is 0.855. The highest BCUT2D eigenvalue weighted by atomic mass is 16.5. The van der Waals surface area contributed by atoms with Crippen LogP contribution in [0.5, 0.6) is 0 Å². The van der Waals surface area contributed by atoms with Gasteiger partial charge in [-0.2, -0.15) is 5.10 Å². The molecule has 0 radical (unpaired) electrons. The molecule has 2 rings (SSSR count). The summed E-state index contributed by atoms with van der Waals surface area (Å²) in [6, 6.07) is 2.02. The van der Waals surface area contributed by atoms with Gasteiger partial charge in [-0.3, -0.25) is 9.48 Å². The van der Waals surface area contributed by atoms with Crippen molar-refractivity contribution in [2.45, 2.75) is 45.8 Å². The standard InChI is InChI=1S/C13H21N3O2/c1-10-8-11(2)16(15-10)6-5-13(17)14-9-12-4-3-7-18-12/h8,12H,3-7,9H2,1-2H3,(H,14,17)/t12-/m1/s1. The van der Waals surface area contributed by atoms with Crippen LogP contribution >= 0.6 is 0 Å². The number of aromatic nitrogens is 2. The number of rotatable bonds is 5. The third kappa shape index (κ3) is 3.57. The smallest absolute Gasteiger partial charge is 0.221 e. The molecule has 1 aliphatic rings. The number of amides is 1. The molecule has 0 saturated carbocycles. The van der Waals surface area contributed by atoms with Crippen molar-refractivity contribution in [1.29, 1.82) is 0 Å². The third-order valence-electron chi connectivity index (χ3n) is 3.20. The summed E-state index contributed by atoms with van der Waals surface area (Å²) in [4.78, 5) is 11.7. The van der Waals surface area contributed by atoms with E-state index in [1.807, 2.05) is 24.6 Å². The van der Waals surface area contributed by atoms with Gasteiger partial charge in [0.05, 0.1) is 11.8 Å². The molecule has 0 aromatic carbocycles. The maximum absolute atomic E-state index is 11.7. The van der Waals surface area contributed by atoms with Gasteiger partial charge in [0.1, 0.15) is 0 Å². The first-order valence-electron chi connectivity index (χ1n) is 6.54. The van der Waals surface area contributed by atoms with Crippen molar-refractivity contribution in [1.82, 2.24) is 15.1 Å². The van der Waals surface area contributed by atoms with E-state index in [0.717, 1.165) is 30.8 Å². The van der Waals surface area contributed by atoms with E-state index < -0.39 is 0 Å². The van der Waals surface area contributed by atoms with E-state index in [4.69, 9.17) is 4.74 Å². The summed E-state index contributed by atoms with van der Waals surface area (Å²) in [7, 11) is 0. The number of carbonyl (C=O) groups excluding carboxylic acids is 1. The SMILES string of the molecule is Cc1cc(C)n(CCC(=O)NC[C@H]2CCCO2)n1. The molecule has 5 nitrogen and oxygen atoms in total. The highest BCUT2D eigenvalue weighted by Crippen LogP contribution is 2.10. The fourth-order valence-electron chi connectivity index (χ4n) is 2.23. The van der Waals surface area contributed by atoms with Gasteiger partial charge in [0.15, 0.2) is 0 Å². The third-order valence-corrected chi connectivity index (χ3v) is 3.20. The van der Waals surface area contributed by atoms with E-state index in [9.17, 15) is 4.79 Å². The minimum atomic E-state index is 0.0676. The summed E-state index contributed by atoms with van der Waals surface area (Å²) in [5.74, 6) is 0.0676. The first-order chi connectivity index (χ1) is 8.65. The van der Waals surface area contributed by atoms with Crippen LogP contribution in [-0.4, -0.2) is 34.9 Å². The first kappa shape index (κ1) is 13.1. The molecular weight excluding hydrogens is 230 g/mol. The van der Waals surface area contributed by atoms with Gasteiger partial charge in [-0.15, -0.1) is 0 Å². The summed E-state index contributed by atoms with van der Waals surface area (Å²) in [6.07, 6.45) is 2.83. The van der Waals surface area contributed by atoms with E-state index in [1.165, 1.54) is 0 Å². The average Bonchev–Trinajstić information content (AvgIpc) is 2.94. The molecule has 1 aromatic heterocycles. The van der Waals surface area contributed by atoms with Crippen LogP contribution in [0.4, 0.5) is 0 Å². The largest absolute Gasteiger partial charge is 0.376 e. The van der Waals surface area contributed by atoms with Crippen molar-refractivity contribution >= 4 is 5.91 Å². The molecule has 100 valence electrons. The van der Waals surface area contributed by atoms with Crippen molar-refractivity contribution in [2.75, 3.05) is 13.2 Å². The zero-order valence-electron chi connectivity index (χ0n) is 11.1. The van der Waals surface area contributed by atoms with E-state index in [-0.39, 0.29) is 12.0 Å². The maximum Gasteiger partial charge on any atom is 0.221 e. The molecule has 0 bridgehead atoms. The Balaban J connectivity index is 1.69. The predicted octanol–water partition coefficient (Wildman–Crippen LogP) is 1.19. The summed E-state index contributed by atoms with van der Waals surface area (Å²) < 4.78 is 7.33. The van der Waals surface area contributed by atoms with Crippen LogP contribution in [0.3, 0.4) is 0 Å². The zero-order valence-corrected chi connectivity index (χ0v) is 11.1. The van der Waals surface area contributed by atoms with Gasteiger partial charge in [-0.05, 0) is 32.8 Å². The molecule has 0 spiro atoms. The molecule has 2 heterocycles. The van der Waals surface area contributed by atoms with Gasteiger partial charge in [0.25, 0.3) is 0 Å². The minimum absolute atomic E-state index is 0.0676. The number of nitrogens with zero attached hydrogens (tertiary/aromatic N) is 2.